The Bertz CT molecular complexity index is 327. The summed E-state index contributed by atoms with van der Waals surface area (Å²) in [5.74, 6) is -0.279. The first-order valence-electron chi connectivity index (χ1n) is 7.68. The molecule has 3 unspecified atom stereocenters. The molecule has 0 saturated heterocycles. The van der Waals surface area contributed by atoms with Crippen molar-refractivity contribution >= 4 is 5.97 Å². The number of nitrogens with zero attached hydrogens (tertiary/aromatic N) is 1. The molecule has 21 heavy (non-hydrogen) atoms. The van der Waals surface area contributed by atoms with Crippen LogP contribution in [0.3, 0.4) is 0 Å². The summed E-state index contributed by atoms with van der Waals surface area (Å²) in [6, 6.07) is 0.527. The molecule has 1 saturated carbocycles. The van der Waals surface area contributed by atoms with E-state index in [2.05, 4.69) is 11.8 Å². The Kier molecular flexibility index (Phi) is 7.59. The molecule has 0 heterocycles. The van der Waals surface area contributed by atoms with Crippen LogP contribution in [0, 0.1) is 0 Å². The van der Waals surface area contributed by atoms with Crippen LogP contribution in [0.25, 0.3) is 0 Å². The number of nitrogens with two attached hydrogens (primary N) is 1. The first-order chi connectivity index (χ1) is 9.98. The van der Waals surface area contributed by atoms with Crippen LogP contribution in [-0.4, -0.2) is 69.1 Å². The Balaban J connectivity index is 2.70. The van der Waals surface area contributed by atoms with Gasteiger partial charge in [0, 0.05) is 32.8 Å². The van der Waals surface area contributed by atoms with Crippen molar-refractivity contribution in [3.05, 3.63) is 0 Å². The zero-order valence-electron chi connectivity index (χ0n) is 13.8. The van der Waals surface area contributed by atoms with E-state index in [4.69, 9.17) is 19.9 Å². The number of carbonyl (C=O) groups excluding carboxylic acids is 1. The van der Waals surface area contributed by atoms with E-state index in [1.54, 1.807) is 21.1 Å². The molecule has 1 aliphatic rings. The molecule has 0 aromatic rings. The van der Waals surface area contributed by atoms with E-state index in [0.717, 1.165) is 13.0 Å². The highest BCUT2D eigenvalue weighted by Gasteiger charge is 2.45. The normalized spacial score (nSPS) is 27.0. The second-order valence-electron chi connectivity index (χ2n) is 5.81. The van der Waals surface area contributed by atoms with E-state index in [1.165, 1.54) is 0 Å². The molecule has 124 valence electrons. The summed E-state index contributed by atoms with van der Waals surface area (Å²) in [6.45, 7) is 6.42. The van der Waals surface area contributed by atoms with Crippen LogP contribution in [-0.2, 0) is 19.0 Å². The fraction of sp³-hybridized carbons (Fsp3) is 0.933. The van der Waals surface area contributed by atoms with Gasteiger partial charge in [0.2, 0.25) is 0 Å². The summed E-state index contributed by atoms with van der Waals surface area (Å²) < 4.78 is 15.6. The van der Waals surface area contributed by atoms with Crippen molar-refractivity contribution in [3.63, 3.8) is 0 Å². The zero-order chi connectivity index (χ0) is 15.9. The van der Waals surface area contributed by atoms with Gasteiger partial charge in [-0.05, 0) is 33.1 Å². The molecule has 0 aliphatic heterocycles. The minimum absolute atomic E-state index is 0.264. The summed E-state index contributed by atoms with van der Waals surface area (Å²) in [5.41, 5.74) is 5.41. The number of rotatable bonds is 9. The highest BCUT2D eigenvalue weighted by molar-refractivity contribution is 5.81. The van der Waals surface area contributed by atoms with Crippen LogP contribution < -0.4 is 5.73 Å². The molecule has 0 radical (unpaired) electrons. The standard InChI is InChI=1S/C15H30N2O4/c1-5-21-14(18)15(16)7-6-13(10-15)17(8-9-19-3)12(2)11-20-4/h12-13H,5-11,16H2,1-4H3. The second-order valence-corrected chi connectivity index (χ2v) is 5.81. The molecule has 1 aliphatic carbocycles. The van der Waals surface area contributed by atoms with Crippen molar-refractivity contribution < 1.29 is 19.0 Å². The topological polar surface area (TPSA) is 74.0 Å². The molecule has 0 bridgehead atoms. The molecule has 6 heteroatoms. The summed E-state index contributed by atoms with van der Waals surface area (Å²) in [7, 11) is 3.39. The Morgan fingerprint density at radius 3 is 2.71 bits per heavy atom. The van der Waals surface area contributed by atoms with Crippen LogP contribution in [0.2, 0.25) is 0 Å². The SMILES string of the molecule is CCOC(=O)C1(N)CCC(N(CCOC)C(C)COC)C1. The summed E-state index contributed by atoms with van der Waals surface area (Å²) in [5, 5.41) is 0. The van der Waals surface area contributed by atoms with Crippen molar-refractivity contribution in [1.82, 2.24) is 4.90 Å². The monoisotopic (exact) mass is 302 g/mol. The summed E-state index contributed by atoms with van der Waals surface area (Å²) in [6.07, 6.45) is 2.19. The predicted octanol–water partition coefficient (Wildman–Crippen LogP) is 0.783. The van der Waals surface area contributed by atoms with Crippen LogP contribution in [0.15, 0.2) is 0 Å². The predicted molar refractivity (Wildman–Crippen MR) is 81.1 cm³/mol. The minimum Gasteiger partial charge on any atom is -0.465 e. The van der Waals surface area contributed by atoms with Gasteiger partial charge in [-0.25, -0.2) is 0 Å². The smallest absolute Gasteiger partial charge is 0.326 e. The third-order valence-electron chi connectivity index (χ3n) is 4.20. The number of ether oxygens (including phenoxy) is 3. The zero-order valence-corrected chi connectivity index (χ0v) is 13.8. The molecule has 2 N–H and O–H groups in total. The fourth-order valence-corrected chi connectivity index (χ4v) is 3.09. The minimum atomic E-state index is -0.848. The number of esters is 1. The van der Waals surface area contributed by atoms with Gasteiger partial charge in [0.1, 0.15) is 5.54 Å². The second kappa shape index (κ2) is 8.68. The molecule has 1 rings (SSSR count). The average Bonchev–Trinajstić information content (AvgIpc) is 2.84. The lowest BCUT2D eigenvalue weighted by Gasteiger charge is -2.34. The quantitative estimate of drug-likeness (QED) is 0.635. The molecular weight excluding hydrogens is 272 g/mol. The largest absolute Gasteiger partial charge is 0.465 e. The van der Waals surface area contributed by atoms with Gasteiger partial charge in [-0.3, -0.25) is 9.69 Å². The van der Waals surface area contributed by atoms with Crippen LogP contribution in [0.4, 0.5) is 0 Å². The molecule has 0 spiro atoms. The van der Waals surface area contributed by atoms with Gasteiger partial charge in [-0.1, -0.05) is 0 Å². The van der Waals surface area contributed by atoms with Crippen molar-refractivity contribution in [1.29, 1.82) is 0 Å². The van der Waals surface area contributed by atoms with Gasteiger partial charge in [0.05, 0.1) is 19.8 Å². The number of hydrogen-bond acceptors (Lipinski definition) is 6. The molecule has 0 amide bonds. The van der Waals surface area contributed by atoms with Gasteiger partial charge < -0.3 is 19.9 Å². The lowest BCUT2D eigenvalue weighted by atomic mass is 9.98. The number of carbonyl (C=O) groups is 1. The van der Waals surface area contributed by atoms with E-state index in [1.807, 2.05) is 0 Å². The third kappa shape index (κ3) is 4.92. The Labute approximate surface area is 127 Å². The van der Waals surface area contributed by atoms with Crippen molar-refractivity contribution in [2.75, 3.05) is 40.6 Å². The fourth-order valence-electron chi connectivity index (χ4n) is 3.09. The van der Waals surface area contributed by atoms with Gasteiger partial charge in [-0.2, -0.15) is 0 Å². The van der Waals surface area contributed by atoms with E-state index in [0.29, 0.717) is 32.7 Å². The summed E-state index contributed by atoms with van der Waals surface area (Å²) in [4.78, 5) is 14.4. The first kappa shape index (κ1) is 18.4. The van der Waals surface area contributed by atoms with Crippen LogP contribution in [0.5, 0.6) is 0 Å². The molecule has 3 atom stereocenters. The maximum Gasteiger partial charge on any atom is 0.326 e. The molecule has 1 fully saturated rings. The van der Waals surface area contributed by atoms with Gasteiger partial charge in [0.25, 0.3) is 0 Å². The Morgan fingerprint density at radius 1 is 1.43 bits per heavy atom. The number of methoxy groups -OCH3 is 2. The lowest BCUT2D eigenvalue weighted by Crippen LogP contribution is -2.50. The molecule has 6 nitrogen and oxygen atoms in total. The van der Waals surface area contributed by atoms with E-state index in [9.17, 15) is 4.79 Å². The molecule has 0 aromatic carbocycles. The highest BCUT2D eigenvalue weighted by atomic mass is 16.5. The maximum atomic E-state index is 12.0. The Morgan fingerprint density at radius 2 is 2.14 bits per heavy atom. The molecule has 0 aromatic heterocycles. The Hall–Kier alpha value is -0.690. The van der Waals surface area contributed by atoms with Crippen LogP contribution in [0.1, 0.15) is 33.1 Å². The average molecular weight is 302 g/mol. The summed E-state index contributed by atoms with van der Waals surface area (Å²) >= 11 is 0. The maximum absolute atomic E-state index is 12.0. The molecular formula is C15H30N2O4. The number of hydrogen-bond donors (Lipinski definition) is 1. The van der Waals surface area contributed by atoms with E-state index in [-0.39, 0.29) is 18.1 Å². The highest BCUT2D eigenvalue weighted by Crippen LogP contribution is 2.33. The van der Waals surface area contributed by atoms with E-state index < -0.39 is 5.54 Å². The lowest BCUT2D eigenvalue weighted by molar-refractivity contribution is -0.149. The van der Waals surface area contributed by atoms with Gasteiger partial charge in [0.15, 0.2) is 0 Å². The third-order valence-corrected chi connectivity index (χ3v) is 4.20. The van der Waals surface area contributed by atoms with Gasteiger partial charge >= 0.3 is 5.97 Å². The van der Waals surface area contributed by atoms with Crippen molar-refractivity contribution in [2.24, 2.45) is 5.73 Å². The van der Waals surface area contributed by atoms with Crippen LogP contribution >= 0.6 is 0 Å². The first-order valence-corrected chi connectivity index (χ1v) is 7.68. The van der Waals surface area contributed by atoms with Crippen molar-refractivity contribution in [2.45, 2.75) is 50.7 Å². The van der Waals surface area contributed by atoms with Gasteiger partial charge in [-0.15, -0.1) is 0 Å². The van der Waals surface area contributed by atoms with E-state index >= 15 is 0 Å². The van der Waals surface area contributed by atoms with Crippen molar-refractivity contribution in [3.8, 4) is 0 Å².